The van der Waals surface area contributed by atoms with E-state index in [-0.39, 0.29) is 17.1 Å². The van der Waals surface area contributed by atoms with Crippen LogP contribution in [0, 0.1) is 0 Å². The Balaban J connectivity index is 3.19. The van der Waals surface area contributed by atoms with Gasteiger partial charge in [-0.25, -0.2) is 9.78 Å². The van der Waals surface area contributed by atoms with Crippen molar-refractivity contribution in [2.24, 2.45) is 0 Å². The van der Waals surface area contributed by atoms with Crippen LogP contribution >= 0.6 is 0 Å². The van der Waals surface area contributed by atoms with Crippen LogP contribution in [0.2, 0.25) is 0 Å². The summed E-state index contributed by atoms with van der Waals surface area (Å²) >= 11 is 0. The molecule has 4 heteroatoms. The summed E-state index contributed by atoms with van der Waals surface area (Å²) in [4.78, 5) is 16.2. The number of hydrogen-bond acceptors (Lipinski definition) is 4. The van der Waals surface area contributed by atoms with Crippen molar-refractivity contribution in [3.05, 3.63) is 17.3 Å². The Labute approximate surface area is 109 Å². The summed E-state index contributed by atoms with van der Waals surface area (Å²) in [6.45, 7) is 10.2. The number of carbonyl (C=O) groups is 1. The topological polar surface area (TPSA) is 52.3 Å². The number of carbonyl (C=O) groups excluding carboxylic acids is 1. The SMILES string of the molecule is CCCC(C)c1nc(C(C)(C)C)c(C(=O)OC)o1. The first kappa shape index (κ1) is 14.7. The van der Waals surface area contributed by atoms with E-state index in [1.54, 1.807) is 0 Å². The molecule has 0 aliphatic heterocycles. The number of ether oxygens (including phenoxy) is 1. The molecule has 0 N–H and O–H groups in total. The standard InChI is InChI=1S/C14H23NO3/c1-7-8-9(2)12-15-11(14(3,4)5)10(18-12)13(16)17-6/h9H,7-8H2,1-6H3. The lowest BCUT2D eigenvalue weighted by Gasteiger charge is -2.15. The van der Waals surface area contributed by atoms with Crippen molar-refractivity contribution in [3.63, 3.8) is 0 Å². The van der Waals surface area contributed by atoms with Crippen LogP contribution in [0.1, 0.15) is 75.5 Å². The third kappa shape index (κ3) is 3.12. The van der Waals surface area contributed by atoms with Crippen molar-refractivity contribution in [2.75, 3.05) is 7.11 Å². The lowest BCUT2D eigenvalue weighted by atomic mass is 9.91. The minimum Gasteiger partial charge on any atom is -0.463 e. The summed E-state index contributed by atoms with van der Waals surface area (Å²) in [6, 6.07) is 0. The first-order valence-electron chi connectivity index (χ1n) is 6.40. The lowest BCUT2D eigenvalue weighted by molar-refractivity contribution is 0.0558. The third-order valence-electron chi connectivity index (χ3n) is 2.87. The van der Waals surface area contributed by atoms with Gasteiger partial charge in [0.05, 0.1) is 12.8 Å². The molecule has 1 atom stereocenters. The van der Waals surface area contributed by atoms with Gasteiger partial charge in [0.2, 0.25) is 5.76 Å². The van der Waals surface area contributed by atoms with Gasteiger partial charge in [0, 0.05) is 11.3 Å². The minimum absolute atomic E-state index is 0.217. The van der Waals surface area contributed by atoms with Crippen molar-refractivity contribution in [1.82, 2.24) is 4.98 Å². The van der Waals surface area contributed by atoms with Crippen molar-refractivity contribution in [2.45, 2.75) is 58.8 Å². The second-order valence-corrected chi connectivity index (χ2v) is 5.66. The molecule has 1 heterocycles. The predicted molar refractivity (Wildman–Crippen MR) is 69.9 cm³/mol. The molecule has 0 fully saturated rings. The highest BCUT2D eigenvalue weighted by atomic mass is 16.5. The number of esters is 1. The minimum atomic E-state index is -0.456. The van der Waals surface area contributed by atoms with E-state index in [1.807, 2.05) is 20.8 Å². The number of rotatable bonds is 4. The highest BCUT2D eigenvalue weighted by Gasteiger charge is 2.30. The molecule has 0 aromatic carbocycles. The van der Waals surface area contributed by atoms with Crippen LogP contribution in [0.3, 0.4) is 0 Å². The summed E-state index contributed by atoms with van der Waals surface area (Å²) < 4.78 is 10.4. The first-order valence-corrected chi connectivity index (χ1v) is 6.40. The van der Waals surface area contributed by atoms with Crippen LogP contribution in [0.15, 0.2) is 4.42 Å². The van der Waals surface area contributed by atoms with E-state index in [9.17, 15) is 4.79 Å². The summed E-state index contributed by atoms with van der Waals surface area (Å²) in [6.07, 6.45) is 2.05. The van der Waals surface area contributed by atoms with Gasteiger partial charge in [0.15, 0.2) is 5.89 Å². The maximum absolute atomic E-state index is 11.7. The van der Waals surface area contributed by atoms with Crippen LogP contribution in [0.5, 0.6) is 0 Å². The van der Waals surface area contributed by atoms with Crippen molar-refractivity contribution in [3.8, 4) is 0 Å². The molecule has 18 heavy (non-hydrogen) atoms. The highest BCUT2D eigenvalue weighted by Crippen LogP contribution is 2.30. The summed E-state index contributed by atoms with van der Waals surface area (Å²) in [5.41, 5.74) is 0.435. The van der Waals surface area contributed by atoms with Crippen LogP contribution in [-0.4, -0.2) is 18.1 Å². The molecular weight excluding hydrogens is 230 g/mol. The van der Waals surface area contributed by atoms with E-state index in [0.717, 1.165) is 12.8 Å². The molecule has 1 aromatic heterocycles. The zero-order valence-electron chi connectivity index (χ0n) is 12.2. The second-order valence-electron chi connectivity index (χ2n) is 5.66. The van der Waals surface area contributed by atoms with Gasteiger partial charge in [-0.2, -0.15) is 0 Å². The number of aromatic nitrogens is 1. The number of methoxy groups -OCH3 is 1. The average Bonchev–Trinajstić information content (AvgIpc) is 2.72. The van der Waals surface area contributed by atoms with Gasteiger partial charge in [-0.05, 0) is 6.42 Å². The molecule has 102 valence electrons. The van der Waals surface area contributed by atoms with Crippen LogP contribution in [0.4, 0.5) is 0 Å². The van der Waals surface area contributed by atoms with Gasteiger partial charge in [-0.3, -0.25) is 0 Å². The smallest absolute Gasteiger partial charge is 0.376 e. The molecule has 0 spiro atoms. The summed E-state index contributed by atoms with van der Waals surface area (Å²) in [5.74, 6) is 0.627. The zero-order valence-corrected chi connectivity index (χ0v) is 12.2. The molecular formula is C14H23NO3. The Hall–Kier alpha value is -1.32. The Morgan fingerprint density at radius 3 is 2.50 bits per heavy atom. The van der Waals surface area contributed by atoms with E-state index >= 15 is 0 Å². The molecule has 1 aromatic rings. The maximum atomic E-state index is 11.7. The monoisotopic (exact) mass is 253 g/mol. The Kier molecular flexibility index (Phi) is 4.54. The molecule has 0 amide bonds. The van der Waals surface area contributed by atoms with Crippen molar-refractivity contribution < 1.29 is 13.9 Å². The number of hydrogen-bond donors (Lipinski definition) is 0. The third-order valence-corrected chi connectivity index (χ3v) is 2.87. The van der Waals surface area contributed by atoms with E-state index in [1.165, 1.54) is 7.11 Å². The van der Waals surface area contributed by atoms with Gasteiger partial charge in [-0.15, -0.1) is 0 Å². The van der Waals surface area contributed by atoms with E-state index in [0.29, 0.717) is 11.6 Å². The van der Waals surface area contributed by atoms with Crippen molar-refractivity contribution >= 4 is 5.97 Å². The fourth-order valence-electron chi connectivity index (χ4n) is 1.84. The van der Waals surface area contributed by atoms with Crippen LogP contribution in [-0.2, 0) is 10.2 Å². The largest absolute Gasteiger partial charge is 0.463 e. The normalized spacial score (nSPS) is 13.4. The number of nitrogens with zero attached hydrogens (tertiary/aromatic N) is 1. The molecule has 1 unspecified atom stereocenters. The quantitative estimate of drug-likeness (QED) is 0.768. The second kappa shape index (κ2) is 5.55. The van der Waals surface area contributed by atoms with Gasteiger partial charge >= 0.3 is 5.97 Å². The molecule has 4 nitrogen and oxygen atoms in total. The maximum Gasteiger partial charge on any atom is 0.376 e. The van der Waals surface area contributed by atoms with Crippen LogP contribution < -0.4 is 0 Å². The summed E-state index contributed by atoms with van der Waals surface area (Å²) in [5, 5.41) is 0. The molecule has 1 rings (SSSR count). The fraction of sp³-hybridized carbons (Fsp3) is 0.714. The molecule has 0 radical (unpaired) electrons. The zero-order chi connectivity index (χ0) is 13.9. The van der Waals surface area contributed by atoms with E-state index in [4.69, 9.17) is 9.15 Å². The molecule has 0 aliphatic rings. The highest BCUT2D eigenvalue weighted by molar-refractivity contribution is 5.87. The molecule has 0 saturated heterocycles. The van der Waals surface area contributed by atoms with Crippen LogP contribution in [0.25, 0.3) is 0 Å². The number of oxazole rings is 1. The Bertz CT molecular complexity index is 415. The Morgan fingerprint density at radius 1 is 1.44 bits per heavy atom. The van der Waals surface area contributed by atoms with Gasteiger partial charge in [0.1, 0.15) is 0 Å². The average molecular weight is 253 g/mol. The lowest BCUT2D eigenvalue weighted by Crippen LogP contribution is -2.17. The predicted octanol–water partition coefficient (Wildman–Crippen LogP) is 3.66. The van der Waals surface area contributed by atoms with E-state index in [2.05, 4.69) is 18.8 Å². The van der Waals surface area contributed by atoms with Gasteiger partial charge < -0.3 is 9.15 Å². The van der Waals surface area contributed by atoms with Gasteiger partial charge in [0.25, 0.3) is 0 Å². The molecule has 0 bridgehead atoms. The Morgan fingerprint density at radius 2 is 2.06 bits per heavy atom. The van der Waals surface area contributed by atoms with Crippen molar-refractivity contribution in [1.29, 1.82) is 0 Å². The summed E-state index contributed by atoms with van der Waals surface area (Å²) in [7, 11) is 1.35. The van der Waals surface area contributed by atoms with Gasteiger partial charge in [-0.1, -0.05) is 41.0 Å². The molecule has 0 saturated carbocycles. The molecule has 0 aliphatic carbocycles. The first-order chi connectivity index (χ1) is 8.31. The fourth-order valence-corrected chi connectivity index (χ4v) is 1.84. The van der Waals surface area contributed by atoms with E-state index < -0.39 is 5.97 Å².